The van der Waals surface area contributed by atoms with Gasteiger partial charge in [-0.2, -0.15) is 24.9 Å². The van der Waals surface area contributed by atoms with E-state index in [2.05, 4.69) is 10.2 Å². The molecule has 112 valence electrons. The summed E-state index contributed by atoms with van der Waals surface area (Å²) in [6.07, 6.45) is -4.36. The van der Waals surface area contributed by atoms with Crippen LogP contribution >= 0.6 is 11.8 Å². The number of hydrogen-bond donors (Lipinski definition) is 2. The number of rotatable bonds is 6. The Morgan fingerprint density at radius 1 is 1.37 bits per heavy atom. The largest absolute Gasteiger partial charge is 0.405 e. The van der Waals surface area contributed by atoms with Gasteiger partial charge in [0.05, 0.1) is 6.04 Å². The second-order valence-electron chi connectivity index (χ2n) is 4.46. The van der Waals surface area contributed by atoms with Gasteiger partial charge in [-0.25, -0.2) is 0 Å². The Morgan fingerprint density at radius 3 is 2.58 bits per heavy atom. The van der Waals surface area contributed by atoms with Gasteiger partial charge in [-0.05, 0) is 6.92 Å². The summed E-state index contributed by atoms with van der Waals surface area (Å²) in [5, 5.41) is 4.81. The molecule has 0 saturated carbocycles. The number of carbonyl (C=O) groups excluding carboxylic acids is 1. The molecular formula is C11H20F3N3OS. The summed E-state index contributed by atoms with van der Waals surface area (Å²) in [5.74, 6) is 1.61. The lowest BCUT2D eigenvalue weighted by Gasteiger charge is -2.26. The SMILES string of the molecule is CC(NCCN1CCSCC1)C(=O)NCC(F)(F)F. The first-order valence-electron chi connectivity index (χ1n) is 6.26. The summed E-state index contributed by atoms with van der Waals surface area (Å²) >= 11 is 1.92. The van der Waals surface area contributed by atoms with E-state index in [1.165, 1.54) is 0 Å². The lowest BCUT2D eigenvalue weighted by molar-refractivity contribution is -0.139. The summed E-state index contributed by atoms with van der Waals surface area (Å²) in [7, 11) is 0. The van der Waals surface area contributed by atoms with E-state index in [1.807, 2.05) is 17.1 Å². The first kappa shape index (κ1) is 16.6. The molecule has 8 heteroatoms. The van der Waals surface area contributed by atoms with E-state index in [9.17, 15) is 18.0 Å². The van der Waals surface area contributed by atoms with Crippen molar-refractivity contribution >= 4 is 17.7 Å². The zero-order valence-corrected chi connectivity index (χ0v) is 11.7. The van der Waals surface area contributed by atoms with Crippen LogP contribution in [0.4, 0.5) is 13.2 Å². The number of hydrogen-bond acceptors (Lipinski definition) is 4. The Balaban J connectivity index is 2.12. The van der Waals surface area contributed by atoms with Gasteiger partial charge in [-0.15, -0.1) is 0 Å². The minimum absolute atomic E-state index is 0.602. The van der Waals surface area contributed by atoms with Gasteiger partial charge in [-0.3, -0.25) is 4.79 Å². The highest BCUT2D eigenvalue weighted by atomic mass is 32.2. The van der Waals surface area contributed by atoms with Crippen LogP contribution in [0.5, 0.6) is 0 Å². The van der Waals surface area contributed by atoms with E-state index in [0.29, 0.717) is 6.54 Å². The van der Waals surface area contributed by atoms with Crippen molar-refractivity contribution in [3.8, 4) is 0 Å². The maximum Gasteiger partial charge on any atom is 0.405 e. The van der Waals surface area contributed by atoms with Crippen molar-refractivity contribution in [2.75, 3.05) is 44.2 Å². The van der Waals surface area contributed by atoms with Gasteiger partial charge < -0.3 is 15.5 Å². The van der Waals surface area contributed by atoms with Gasteiger partial charge in [0.1, 0.15) is 6.54 Å². The molecule has 1 saturated heterocycles. The number of thioether (sulfide) groups is 1. The van der Waals surface area contributed by atoms with Crippen molar-refractivity contribution in [3.05, 3.63) is 0 Å². The first-order valence-corrected chi connectivity index (χ1v) is 7.42. The van der Waals surface area contributed by atoms with E-state index in [4.69, 9.17) is 0 Å². The normalized spacial score (nSPS) is 19.2. The van der Waals surface area contributed by atoms with Gasteiger partial charge in [0, 0.05) is 37.7 Å². The number of alkyl halides is 3. The van der Waals surface area contributed by atoms with Gasteiger partial charge in [0.15, 0.2) is 0 Å². The van der Waals surface area contributed by atoms with E-state index in [1.54, 1.807) is 6.92 Å². The molecule has 0 aliphatic carbocycles. The molecule has 0 aromatic heterocycles. The Bertz CT molecular complexity index is 283. The third kappa shape index (κ3) is 7.64. The maximum atomic E-state index is 11.9. The van der Waals surface area contributed by atoms with Crippen molar-refractivity contribution in [3.63, 3.8) is 0 Å². The quantitative estimate of drug-likeness (QED) is 0.757. The van der Waals surface area contributed by atoms with Crippen LogP contribution in [0.25, 0.3) is 0 Å². The molecular weight excluding hydrogens is 279 g/mol. The van der Waals surface area contributed by atoms with E-state index < -0.39 is 24.7 Å². The molecule has 1 fully saturated rings. The molecule has 1 aliphatic heterocycles. The minimum atomic E-state index is -4.36. The van der Waals surface area contributed by atoms with Crippen molar-refractivity contribution in [1.29, 1.82) is 0 Å². The third-order valence-corrected chi connectivity index (χ3v) is 3.78. The molecule has 0 aromatic carbocycles. The number of halogens is 3. The molecule has 2 N–H and O–H groups in total. The maximum absolute atomic E-state index is 11.9. The molecule has 1 unspecified atom stereocenters. The molecule has 1 heterocycles. The average Bonchev–Trinajstić information content (AvgIpc) is 2.36. The zero-order chi connectivity index (χ0) is 14.3. The Labute approximate surface area is 115 Å². The predicted octanol–water partition coefficient (Wildman–Crippen LogP) is 0.692. The Kier molecular flexibility index (Phi) is 6.95. The van der Waals surface area contributed by atoms with Crippen LogP contribution in [0.2, 0.25) is 0 Å². The molecule has 0 radical (unpaired) electrons. The fourth-order valence-electron chi connectivity index (χ4n) is 1.70. The van der Waals surface area contributed by atoms with Gasteiger partial charge >= 0.3 is 6.18 Å². The van der Waals surface area contributed by atoms with Gasteiger partial charge in [-0.1, -0.05) is 0 Å². The van der Waals surface area contributed by atoms with E-state index in [0.717, 1.165) is 31.1 Å². The molecule has 1 rings (SSSR count). The number of amides is 1. The Hall–Kier alpha value is -0.470. The van der Waals surface area contributed by atoms with E-state index in [-0.39, 0.29) is 0 Å². The molecule has 1 atom stereocenters. The molecule has 0 aromatic rings. The topological polar surface area (TPSA) is 44.4 Å². The molecule has 19 heavy (non-hydrogen) atoms. The Morgan fingerprint density at radius 2 is 2.00 bits per heavy atom. The molecule has 0 bridgehead atoms. The standard InChI is InChI=1S/C11H20F3N3OS/c1-9(10(18)16-8-11(12,13)14)15-2-3-17-4-6-19-7-5-17/h9,15H,2-8H2,1H3,(H,16,18). The van der Waals surface area contributed by atoms with Crippen LogP contribution in [0.15, 0.2) is 0 Å². The first-order chi connectivity index (χ1) is 8.88. The van der Waals surface area contributed by atoms with Crippen molar-refractivity contribution in [2.24, 2.45) is 0 Å². The van der Waals surface area contributed by atoms with Crippen LogP contribution in [-0.4, -0.2) is 67.3 Å². The highest BCUT2D eigenvalue weighted by Crippen LogP contribution is 2.12. The smallest absolute Gasteiger partial charge is 0.346 e. The van der Waals surface area contributed by atoms with Gasteiger partial charge in [0.25, 0.3) is 0 Å². The average molecular weight is 299 g/mol. The summed E-state index contributed by atoms with van der Waals surface area (Å²) < 4.78 is 35.8. The molecule has 4 nitrogen and oxygen atoms in total. The molecule has 1 aliphatic rings. The van der Waals surface area contributed by atoms with Crippen molar-refractivity contribution in [1.82, 2.24) is 15.5 Å². The summed E-state index contributed by atoms with van der Waals surface area (Å²) in [6, 6.07) is -0.610. The molecule has 1 amide bonds. The highest BCUT2D eigenvalue weighted by Gasteiger charge is 2.28. The summed E-state index contributed by atoms with van der Waals surface area (Å²) in [5.41, 5.74) is 0. The number of nitrogens with one attached hydrogen (secondary N) is 2. The van der Waals surface area contributed by atoms with Crippen LogP contribution in [0.3, 0.4) is 0 Å². The van der Waals surface area contributed by atoms with Crippen molar-refractivity contribution in [2.45, 2.75) is 19.1 Å². The van der Waals surface area contributed by atoms with Crippen molar-refractivity contribution < 1.29 is 18.0 Å². The second kappa shape index (κ2) is 7.96. The van der Waals surface area contributed by atoms with Crippen LogP contribution in [0, 0.1) is 0 Å². The van der Waals surface area contributed by atoms with Crippen LogP contribution < -0.4 is 10.6 Å². The summed E-state index contributed by atoms with van der Waals surface area (Å²) in [6.45, 7) is 3.77. The minimum Gasteiger partial charge on any atom is -0.346 e. The predicted molar refractivity (Wildman–Crippen MR) is 70.3 cm³/mol. The number of nitrogens with zero attached hydrogens (tertiary/aromatic N) is 1. The second-order valence-corrected chi connectivity index (χ2v) is 5.69. The van der Waals surface area contributed by atoms with Crippen LogP contribution in [-0.2, 0) is 4.79 Å². The fraction of sp³-hybridized carbons (Fsp3) is 0.909. The van der Waals surface area contributed by atoms with Crippen LogP contribution in [0.1, 0.15) is 6.92 Å². The summed E-state index contributed by atoms with van der Waals surface area (Å²) in [4.78, 5) is 13.7. The number of carbonyl (C=O) groups is 1. The zero-order valence-electron chi connectivity index (χ0n) is 10.9. The van der Waals surface area contributed by atoms with E-state index >= 15 is 0 Å². The third-order valence-electron chi connectivity index (χ3n) is 2.84. The fourth-order valence-corrected chi connectivity index (χ4v) is 2.68. The highest BCUT2D eigenvalue weighted by molar-refractivity contribution is 7.99. The monoisotopic (exact) mass is 299 g/mol. The van der Waals surface area contributed by atoms with Gasteiger partial charge in [0.2, 0.25) is 5.91 Å². The lowest BCUT2D eigenvalue weighted by atomic mass is 10.3. The molecule has 0 spiro atoms. The lowest BCUT2D eigenvalue weighted by Crippen LogP contribution is -2.47.